The summed E-state index contributed by atoms with van der Waals surface area (Å²) in [5.74, 6) is -0.362. The van der Waals surface area contributed by atoms with Crippen LogP contribution in [-0.4, -0.2) is 28.3 Å². The van der Waals surface area contributed by atoms with Crippen molar-refractivity contribution in [2.75, 3.05) is 6.61 Å². The fraction of sp³-hybridized carbons (Fsp3) is 0.125. The van der Waals surface area contributed by atoms with E-state index >= 15 is 0 Å². The van der Waals surface area contributed by atoms with Crippen molar-refractivity contribution in [3.63, 3.8) is 0 Å². The summed E-state index contributed by atoms with van der Waals surface area (Å²) in [6, 6.07) is 12.1. The number of aromatic hydroxyl groups is 1. The van der Waals surface area contributed by atoms with E-state index in [-0.39, 0.29) is 23.8 Å². The zero-order valence-electron chi connectivity index (χ0n) is 12.8. The molecule has 8 nitrogen and oxygen atoms in total. The lowest BCUT2D eigenvalue weighted by molar-refractivity contribution is -0.384. The van der Waals surface area contributed by atoms with Gasteiger partial charge in [0.2, 0.25) is 0 Å². The lowest BCUT2D eigenvalue weighted by atomic mass is 10.1. The summed E-state index contributed by atoms with van der Waals surface area (Å²) in [6.45, 7) is 1.35. The van der Waals surface area contributed by atoms with E-state index < -0.39 is 10.8 Å². The van der Waals surface area contributed by atoms with E-state index in [0.29, 0.717) is 11.3 Å². The molecule has 0 unspecified atom stereocenters. The molecular formula is C16H15N3O5. The van der Waals surface area contributed by atoms with Gasteiger partial charge in [-0.3, -0.25) is 14.9 Å². The molecule has 0 spiro atoms. The number of rotatable bonds is 6. The molecule has 0 aromatic heterocycles. The van der Waals surface area contributed by atoms with Gasteiger partial charge in [0.15, 0.2) is 18.1 Å². The summed E-state index contributed by atoms with van der Waals surface area (Å²) in [6.07, 6.45) is 0. The summed E-state index contributed by atoms with van der Waals surface area (Å²) < 4.78 is 5.17. The van der Waals surface area contributed by atoms with Crippen molar-refractivity contribution in [2.24, 2.45) is 5.10 Å². The van der Waals surface area contributed by atoms with Crippen LogP contribution in [0, 0.1) is 10.1 Å². The van der Waals surface area contributed by atoms with Crippen LogP contribution < -0.4 is 10.2 Å². The minimum Gasteiger partial charge on any atom is -0.504 e. The quantitative estimate of drug-likeness (QED) is 0.479. The SMILES string of the molecule is C/C(=N/NC(=O)COc1ccccc1O)c1ccc([N+](=O)[O-])cc1. The zero-order valence-corrected chi connectivity index (χ0v) is 12.8. The lowest BCUT2D eigenvalue weighted by Crippen LogP contribution is -2.25. The highest BCUT2D eigenvalue weighted by Crippen LogP contribution is 2.23. The molecule has 0 saturated heterocycles. The van der Waals surface area contributed by atoms with Crippen LogP contribution in [0.25, 0.3) is 0 Å². The minimum absolute atomic E-state index is 0.0216. The Bertz CT molecular complexity index is 772. The second kappa shape index (κ2) is 7.73. The third kappa shape index (κ3) is 4.54. The van der Waals surface area contributed by atoms with E-state index in [0.717, 1.165) is 0 Å². The average molecular weight is 329 g/mol. The number of amides is 1. The Labute approximate surface area is 137 Å². The summed E-state index contributed by atoms with van der Waals surface area (Å²) in [7, 11) is 0. The molecule has 0 radical (unpaired) electrons. The maximum atomic E-state index is 11.7. The molecule has 0 bridgehead atoms. The van der Waals surface area contributed by atoms with Crippen LogP contribution in [0.4, 0.5) is 5.69 Å². The first-order chi connectivity index (χ1) is 11.5. The predicted molar refractivity (Wildman–Crippen MR) is 87.1 cm³/mol. The molecule has 124 valence electrons. The highest BCUT2D eigenvalue weighted by Gasteiger charge is 2.07. The fourth-order valence-corrected chi connectivity index (χ4v) is 1.79. The number of hydrazone groups is 1. The Balaban J connectivity index is 1.90. The fourth-order valence-electron chi connectivity index (χ4n) is 1.79. The third-order valence-corrected chi connectivity index (χ3v) is 3.07. The van der Waals surface area contributed by atoms with Gasteiger partial charge in [0.1, 0.15) is 0 Å². The molecule has 0 atom stereocenters. The normalized spacial score (nSPS) is 11.0. The number of phenols is 1. The number of ether oxygens (including phenoxy) is 1. The molecule has 2 aromatic carbocycles. The van der Waals surface area contributed by atoms with E-state index in [2.05, 4.69) is 10.5 Å². The summed E-state index contributed by atoms with van der Waals surface area (Å²) in [5.41, 5.74) is 3.42. The first-order valence-electron chi connectivity index (χ1n) is 6.96. The Kier molecular flexibility index (Phi) is 5.45. The van der Waals surface area contributed by atoms with Gasteiger partial charge >= 0.3 is 0 Å². The maximum Gasteiger partial charge on any atom is 0.277 e. The number of hydrogen-bond donors (Lipinski definition) is 2. The van der Waals surface area contributed by atoms with Gasteiger partial charge in [0.05, 0.1) is 10.6 Å². The summed E-state index contributed by atoms with van der Waals surface area (Å²) >= 11 is 0. The monoisotopic (exact) mass is 329 g/mol. The molecule has 0 saturated carbocycles. The number of nitro benzene ring substituents is 1. The van der Waals surface area contributed by atoms with Crippen molar-refractivity contribution >= 4 is 17.3 Å². The number of carbonyl (C=O) groups excluding carboxylic acids is 1. The van der Waals surface area contributed by atoms with E-state index in [4.69, 9.17) is 4.74 Å². The van der Waals surface area contributed by atoms with Gasteiger partial charge in [0.25, 0.3) is 11.6 Å². The van der Waals surface area contributed by atoms with Crippen molar-refractivity contribution < 1.29 is 19.6 Å². The third-order valence-electron chi connectivity index (χ3n) is 3.07. The van der Waals surface area contributed by atoms with E-state index in [1.54, 1.807) is 31.2 Å². The number of nitrogens with one attached hydrogen (secondary N) is 1. The largest absolute Gasteiger partial charge is 0.504 e. The van der Waals surface area contributed by atoms with Crippen molar-refractivity contribution in [3.8, 4) is 11.5 Å². The Hall–Kier alpha value is -3.42. The highest BCUT2D eigenvalue weighted by molar-refractivity contribution is 5.99. The van der Waals surface area contributed by atoms with Gasteiger partial charge < -0.3 is 9.84 Å². The smallest absolute Gasteiger partial charge is 0.277 e. The first-order valence-corrected chi connectivity index (χ1v) is 6.96. The number of phenolic OH excluding ortho intramolecular Hbond substituents is 1. The first kappa shape index (κ1) is 16.9. The average Bonchev–Trinajstić information content (AvgIpc) is 2.59. The Morgan fingerprint density at radius 1 is 1.25 bits per heavy atom. The van der Waals surface area contributed by atoms with Gasteiger partial charge in [0, 0.05) is 12.1 Å². The molecular weight excluding hydrogens is 314 g/mol. The maximum absolute atomic E-state index is 11.7. The lowest BCUT2D eigenvalue weighted by Gasteiger charge is -2.07. The number of hydrogen-bond acceptors (Lipinski definition) is 6. The van der Waals surface area contributed by atoms with Crippen LogP contribution in [0.2, 0.25) is 0 Å². The van der Waals surface area contributed by atoms with Crippen molar-refractivity contribution in [1.82, 2.24) is 5.43 Å². The molecule has 1 amide bonds. The molecule has 2 N–H and O–H groups in total. The summed E-state index contributed by atoms with van der Waals surface area (Å²) in [4.78, 5) is 21.8. The van der Waals surface area contributed by atoms with E-state index in [1.807, 2.05) is 0 Å². The number of non-ortho nitro benzene ring substituents is 1. The second-order valence-electron chi connectivity index (χ2n) is 4.79. The number of benzene rings is 2. The Morgan fingerprint density at radius 3 is 2.54 bits per heavy atom. The van der Waals surface area contributed by atoms with Gasteiger partial charge in [-0.2, -0.15) is 5.10 Å². The summed E-state index contributed by atoms with van der Waals surface area (Å²) in [5, 5.41) is 24.0. The molecule has 0 aliphatic carbocycles. The van der Waals surface area contributed by atoms with Crippen LogP contribution >= 0.6 is 0 Å². The van der Waals surface area contributed by atoms with Crippen LogP contribution in [-0.2, 0) is 4.79 Å². The molecule has 0 fully saturated rings. The molecule has 8 heteroatoms. The van der Waals surface area contributed by atoms with Crippen molar-refractivity contribution in [2.45, 2.75) is 6.92 Å². The van der Waals surface area contributed by atoms with E-state index in [1.165, 1.54) is 24.3 Å². The highest BCUT2D eigenvalue weighted by atomic mass is 16.6. The number of nitro groups is 1. The molecule has 0 heterocycles. The number of para-hydroxylation sites is 2. The van der Waals surface area contributed by atoms with E-state index in [9.17, 15) is 20.0 Å². The van der Waals surface area contributed by atoms with Gasteiger partial charge in [-0.25, -0.2) is 5.43 Å². The number of nitrogens with zero attached hydrogens (tertiary/aromatic N) is 2. The number of carbonyl (C=O) groups is 1. The van der Waals surface area contributed by atoms with Crippen LogP contribution in [0.1, 0.15) is 12.5 Å². The molecule has 0 aliphatic rings. The second-order valence-corrected chi connectivity index (χ2v) is 4.79. The minimum atomic E-state index is -0.500. The van der Waals surface area contributed by atoms with Crippen LogP contribution in [0.5, 0.6) is 11.5 Å². The van der Waals surface area contributed by atoms with Gasteiger partial charge in [-0.15, -0.1) is 0 Å². The van der Waals surface area contributed by atoms with Crippen molar-refractivity contribution in [3.05, 3.63) is 64.2 Å². The predicted octanol–water partition coefficient (Wildman–Crippen LogP) is 2.22. The topological polar surface area (TPSA) is 114 Å². The van der Waals surface area contributed by atoms with Gasteiger partial charge in [-0.1, -0.05) is 12.1 Å². The van der Waals surface area contributed by atoms with Crippen LogP contribution in [0.3, 0.4) is 0 Å². The standard InChI is InChI=1S/C16H15N3O5/c1-11(12-6-8-13(9-7-12)19(22)23)17-18-16(21)10-24-15-5-3-2-4-14(15)20/h2-9,20H,10H2,1H3,(H,18,21)/b17-11-. The molecule has 2 rings (SSSR count). The van der Waals surface area contributed by atoms with Crippen LogP contribution in [0.15, 0.2) is 53.6 Å². The molecule has 24 heavy (non-hydrogen) atoms. The Morgan fingerprint density at radius 2 is 1.92 bits per heavy atom. The molecule has 0 aliphatic heterocycles. The molecule has 2 aromatic rings. The van der Waals surface area contributed by atoms with Gasteiger partial charge in [-0.05, 0) is 36.8 Å². The zero-order chi connectivity index (χ0) is 17.5. The van der Waals surface area contributed by atoms with Crippen molar-refractivity contribution in [1.29, 1.82) is 0 Å².